The number of thiophene rings is 1. The topological polar surface area (TPSA) is 37.3 Å². The summed E-state index contributed by atoms with van der Waals surface area (Å²) in [7, 11) is 0. The van der Waals surface area contributed by atoms with Crippen LogP contribution in [-0.2, 0) is 4.79 Å². The Hall–Kier alpha value is -1.09. The molecule has 1 N–H and O–H groups in total. The summed E-state index contributed by atoms with van der Waals surface area (Å²) in [5.74, 6) is -0.825. The zero-order valence-corrected chi connectivity index (χ0v) is 8.52. The summed E-state index contributed by atoms with van der Waals surface area (Å²) in [5.41, 5.74) is 0.460. The molecular formula is C10H12O2S. The van der Waals surface area contributed by atoms with Gasteiger partial charge in [-0.1, -0.05) is 6.92 Å². The van der Waals surface area contributed by atoms with Gasteiger partial charge in [-0.15, -0.1) is 11.3 Å². The molecule has 0 aliphatic carbocycles. The van der Waals surface area contributed by atoms with Crippen LogP contribution in [0.4, 0.5) is 0 Å². The van der Waals surface area contributed by atoms with Gasteiger partial charge in [0, 0.05) is 15.3 Å². The fraction of sp³-hybridized carbons (Fsp3) is 0.300. The van der Waals surface area contributed by atoms with Gasteiger partial charge in [0.1, 0.15) is 0 Å². The second-order valence-electron chi connectivity index (χ2n) is 2.78. The molecule has 0 fully saturated rings. The average Bonchev–Trinajstić information content (AvgIpc) is 2.46. The molecular weight excluding hydrogens is 184 g/mol. The van der Waals surface area contributed by atoms with Crippen LogP contribution in [0.25, 0.3) is 6.08 Å². The third-order valence-corrected chi connectivity index (χ3v) is 2.68. The Balaban J connectivity index is 2.91. The SMILES string of the molecule is CC/C(=C\c1ccc(C)s1)C(=O)O. The number of carboxylic acid groups (broad SMARTS) is 1. The number of aryl methyl sites for hydroxylation is 1. The zero-order chi connectivity index (χ0) is 9.84. The number of hydrogen-bond acceptors (Lipinski definition) is 2. The lowest BCUT2D eigenvalue weighted by atomic mass is 10.2. The van der Waals surface area contributed by atoms with Crippen LogP contribution in [0.3, 0.4) is 0 Å². The molecule has 1 rings (SSSR count). The molecule has 13 heavy (non-hydrogen) atoms. The van der Waals surface area contributed by atoms with Crippen molar-refractivity contribution in [1.82, 2.24) is 0 Å². The number of carboxylic acids is 1. The molecule has 0 aromatic carbocycles. The molecule has 0 amide bonds. The standard InChI is InChI=1S/C10H12O2S/c1-3-8(10(11)12)6-9-5-4-7(2)13-9/h4-6H,3H2,1-2H3,(H,11,12)/b8-6+. The summed E-state index contributed by atoms with van der Waals surface area (Å²) in [6.07, 6.45) is 2.30. The molecule has 1 aromatic rings. The van der Waals surface area contributed by atoms with Crippen molar-refractivity contribution < 1.29 is 9.90 Å². The first-order valence-electron chi connectivity index (χ1n) is 4.13. The summed E-state index contributed by atoms with van der Waals surface area (Å²) in [4.78, 5) is 12.9. The van der Waals surface area contributed by atoms with Crippen LogP contribution >= 0.6 is 11.3 Å². The van der Waals surface area contributed by atoms with Gasteiger partial charge >= 0.3 is 5.97 Å². The number of aliphatic carboxylic acids is 1. The van der Waals surface area contributed by atoms with E-state index in [0.29, 0.717) is 12.0 Å². The van der Waals surface area contributed by atoms with Gasteiger partial charge in [-0.05, 0) is 31.6 Å². The predicted molar refractivity (Wildman–Crippen MR) is 55.0 cm³/mol. The maximum Gasteiger partial charge on any atom is 0.331 e. The Morgan fingerprint density at radius 2 is 2.31 bits per heavy atom. The van der Waals surface area contributed by atoms with Crippen molar-refractivity contribution >= 4 is 23.4 Å². The molecule has 0 unspecified atom stereocenters. The number of carbonyl (C=O) groups is 1. The lowest BCUT2D eigenvalue weighted by Gasteiger charge is -1.94. The van der Waals surface area contributed by atoms with E-state index < -0.39 is 5.97 Å². The van der Waals surface area contributed by atoms with Crippen LogP contribution in [0.1, 0.15) is 23.1 Å². The minimum absolute atomic E-state index is 0.460. The molecule has 2 nitrogen and oxygen atoms in total. The van der Waals surface area contributed by atoms with E-state index in [1.807, 2.05) is 26.0 Å². The highest BCUT2D eigenvalue weighted by Gasteiger charge is 2.04. The molecule has 0 aliphatic heterocycles. The van der Waals surface area contributed by atoms with Gasteiger partial charge in [-0.25, -0.2) is 4.79 Å². The summed E-state index contributed by atoms with van der Waals surface area (Å²) < 4.78 is 0. The third kappa shape index (κ3) is 2.70. The van der Waals surface area contributed by atoms with E-state index in [0.717, 1.165) is 4.88 Å². The fourth-order valence-electron chi connectivity index (χ4n) is 1.02. The highest BCUT2D eigenvalue weighted by molar-refractivity contribution is 7.12. The minimum Gasteiger partial charge on any atom is -0.478 e. The van der Waals surface area contributed by atoms with Crippen molar-refractivity contribution in [2.24, 2.45) is 0 Å². The van der Waals surface area contributed by atoms with Gasteiger partial charge in [-0.2, -0.15) is 0 Å². The minimum atomic E-state index is -0.825. The number of rotatable bonds is 3. The largest absolute Gasteiger partial charge is 0.478 e. The van der Waals surface area contributed by atoms with Crippen LogP contribution in [0.2, 0.25) is 0 Å². The molecule has 1 heterocycles. The molecule has 0 aliphatic rings. The Bertz CT molecular complexity index is 336. The smallest absolute Gasteiger partial charge is 0.331 e. The first kappa shape index (κ1) is 9.99. The summed E-state index contributed by atoms with van der Waals surface area (Å²) >= 11 is 1.61. The van der Waals surface area contributed by atoms with Gasteiger partial charge in [0.05, 0.1) is 0 Å². The monoisotopic (exact) mass is 196 g/mol. The Morgan fingerprint density at radius 1 is 1.62 bits per heavy atom. The Kier molecular flexibility index (Phi) is 3.25. The van der Waals surface area contributed by atoms with Crippen LogP contribution in [0, 0.1) is 6.92 Å². The van der Waals surface area contributed by atoms with E-state index in [-0.39, 0.29) is 0 Å². The first-order chi connectivity index (χ1) is 6.13. The summed E-state index contributed by atoms with van der Waals surface area (Å²) in [5, 5.41) is 8.78. The molecule has 3 heteroatoms. The quantitative estimate of drug-likeness (QED) is 0.755. The molecule has 0 saturated carbocycles. The molecule has 1 aromatic heterocycles. The van der Waals surface area contributed by atoms with Crippen molar-refractivity contribution in [2.75, 3.05) is 0 Å². The van der Waals surface area contributed by atoms with E-state index in [2.05, 4.69) is 0 Å². The average molecular weight is 196 g/mol. The van der Waals surface area contributed by atoms with E-state index in [4.69, 9.17) is 5.11 Å². The zero-order valence-electron chi connectivity index (χ0n) is 7.70. The normalized spacial score (nSPS) is 11.7. The van der Waals surface area contributed by atoms with Gasteiger partial charge < -0.3 is 5.11 Å². The maximum absolute atomic E-state index is 10.7. The summed E-state index contributed by atoms with van der Waals surface area (Å²) in [6.45, 7) is 3.86. The first-order valence-corrected chi connectivity index (χ1v) is 4.95. The van der Waals surface area contributed by atoms with Gasteiger partial charge in [0.15, 0.2) is 0 Å². The lowest BCUT2D eigenvalue weighted by Crippen LogP contribution is -1.97. The maximum atomic E-state index is 10.7. The van der Waals surface area contributed by atoms with Crippen LogP contribution in [0.15, 0.2) is 17.7 Å². The van der Waals surface area contributed by atoms with Crippen molar-refractivity contribution in [1.29, 1.82) is 0 Å². The van der Waals surface area contributed by atoms with Crippen molar-refractivity contribution in [2.45, 2.75) is 20.3 Å². The summed E-state index contributed by atoms with van der Waals surface area (Å²) in [6, 6.07) is 3.93. The molecule has 0 radical (unpaired) electrons. The Labute approximate surface area is 81.5 Å². The molecule has 0 spiro atoms. The van der Waals surface area contributed by atoms with E-state index in [1.165, 1.54) is 4.88 Å². The van der Waals surface area contributed by atoms with Crippen molar-refractivity contribution in [3.63, 3.8) is 0 Å². The molecule has 0 saturated heterocycles. The number of hydrogen-bond donors (Lipinski definition) is 1. The van der Waals surface area contributed by atoms with Gasteiger partial charge in [0.2, 0.25) is 0 Å². The fourth-order valence-corrected chi connectivity index (χ4v) is 1.86. The van der Waals surface area contributed by atoms with E-state index in [1.54, 1.807) is 17.4 Å². The van der Waals surface area contributed by atoms with Crippen molar-refractivity contribution in [3.05, 3.63) is 27.5 Å². The molecule has 70 valence electrons. The van der Waals surface area contributed by atoms with Crippen LogP contribution in [0.5, 0.6) is 0 Å². The second-order valence-corrected chi connectivity index (χ2v) is 4.10. The third-order valence-electron chi connectivity index (χ3n) is 1.73. The highest BCUT2D eigenvalue weighted by Crippen LogP contribution is 2.19. The molecule has 0 atom stereocenters. The van der Waals surface area contributed by atoms with Crippen LogP contribution < -0.4 is 0 Å². The van der Waals surface area contributed by atoms with Crippen LogP contribution in [-0.4, -0.2) is 11.1 Å². The van der Waals surface area contributed by atoms with Crippen molar-refractivity contribution in [3.8, 4) is 0 Å². The predicted octanol–water partition coefficient (Wildman–Crippen LogP) is 2.93. The lowest BCUT2D eigenvalue weighted by molar-refractivity contribution is -0.132. The van der Waals surface area contributed by atoms with E-state index in [9.17, 15) is 4.79 Å². The Morgan fingerprint density at radius 3 is 2.69 bits per heavy atom. The van der Waals surface area contributed by atoms with Gasteiger partial charge in [-0.3, -0.25) is 0 Å². The van der Waals surface area contributed by atoms with E-state index >= 15 is 0 Å². The molecule has 0 bridgehead atoms. The highest BCUT2D eigenvalue weighted by atomic mass is 32.1. The second kappa shape index (κ2) is 4.23. The van der Waals surface area contributed by atoms with Gasteiger partial charge in [0.25, 0.3) is 0 Å².